The van der Waals surface area contributed by atoms with Crippen LogP contribution in [0, 0.1) is 6.92 Å². The number of rotatable bonds is 13. The van der Waals surface area contributed by atoms with Crippen molar-refractivity contribution in [3.8, 4) is 11.5 Å². The minimum atomic E-state index is -0.623. The lowest BCUT2D eigenvalue weighted by Gasteiger charge is -2.12. The summed E-state index contributed by atoms with van der Waals surface area (Å²) in [5, 5.41) is 7.27. The Kier molecular flexibility index (Phi) is 9.21. The molecule has 0 aliphatic heterocycles. The topological polar surface area (TPSA) is 213 Å². The first-order valence-electron chi connectivity index (χ1n) is 15.7. The largest absolute Gasteiger partial charge is 0.497 e. The molecule has 0 radical (unpaired) electrons. The summed E-state index contributed by atoms with van der Waals surface area (Å²) in [7, 11) is 1.60. The molecule has 6 aromatic rings. The van der Waals surface area contributed by atoms with Crippen LogP contribution >= 0.6 is 0 Å². The maximum Gasteiger partial charge on any atom is 0.276 e. The Hall–Kier alpha value is -6.64. The summed E-state index contributed by atoms with van der Waals surface area (Å²) >= 11 is 0. The van der Waals surface area contributed by atoms with Crippen molar-refractivity contribution in [2.24, 2.45) is 11.5 Å². The van der Waals surface area contributed by atoms with Crippen molar-refractivity contribution in [1.29, 1.82) is 0 Å². The highest BCUT2D eigenvalue weighted by atomic mass is 16.5. The SMILES string of the molecule is CCn1nc(C)cc1C(=O)Nc1nc2cc(C(N)=O)ccc2n1C/C=C/Cn1c(N)nc2cc(C(N)=O)cc(OCc3ccc(OC)cc3)c21. The molecule has 15 nitrogen and oxygen atoms in total. The maximum absolute atomic E-state index is 13.3. The lowest BCUT2D eigenvalue weighted by Crippen LogP contribution is -2.19. The summed E-state index contributed by atoms with van der Waals surface area (Å²) < 4.78 is 16.6. The zero-order chi connectivity index (χ0) is 35.5. The van der Waals surface area contributed by atoms with E-state index in [1.165, 1.54) is 0 Å². The van der Waals surface area contributed by atoms with E-state index in [0.717, 1.165) is 11.3 Å². The Balaban J connectivity index is 1.29. The molecule has 0 unspecified atom stereocenters. The van der Waals surface area contributed by atoms with E-state index in [-0.39, 0.29) is 30.0 Å². The van der Waals surface area contributed by atoms with Gasteiger partial charge in [0, 0.05) is 30.8 Å². The van der Waals surface area contributed by atoms with E-state index in [1.807, 2.05) is 54.8 Å². The van der Waals surface area contributed by atoms with Crippen molar-refractivity contribution in [2.75, 3.05) is 18.2 Å². The second-order valence-corrected chi connectivity index (χ2v) is 11.4. The van der Waals surface area contributed by atoms with Gasteiger partial charge in [0.25, 0.3) is 5.91 Å². The molecule has 0 aliphatic rings. The summed E-state index contributed by atoms with van der Waals surface area (Å²) in [6.07, 6.45) is 3.78. The number of hydrogen-bond acceptors (Lipinski definition) is 9. The molecule has 15 heteroatoms. The molecule has 0 spiro atoms. The summed E-state index contributed by atoms with van der Waals surface area (Å²) in [6.45, 7) is 5.04. The summed E-state index contributed by atoms with van der Waals surface area (Å²) in [5.74, 6) is 0.0103. The number of aromatic nitrogens is 6. The van der Waals surface area contributed by atoms with Gasteiger partial charge in [-0.25, -0.2) is 9.97 Å². The third-order valence-corrected chi connectivity index (χ3v) is 8.11. The molecule has 3 aromatic heterocycles. The quantitative estimate of drug-likeness (QED) is 0.131. The fourth-order valence-corrected chi connectivity index (χ4v) is 5.63. The number of hydrogen-bond donors (Lipinski definition) is 4. The molecular formula is C35H36N10O5. The summed E-state index contributed by atoms with van der Waals surface area (Å²) in [6, 6.07) is 17.2. The van der Waals surface area contributed by atoms with E-state index in [0.29, 0.717) is 64.4 Å². The molecule has 6 rings (SSSR count). The zero-order valence-corrected chi connectivity index (χ0v) is 27.7. The number of carbonyl (C=O) groups excluding carboxylic acids is 3. The Morgan fingerprint density at radius 2 is 1.58 bits per heavy atom. The number of nitrogens with zero attached hydrogens (tertiary/aromatic N) is 6. The van der Waals surface area contributed by atoms with Crippen LogP contribution < -0.4 is 32.0 Å². The highest BCUT2D eigenvalue weighted by molar-refractivity contribution is 6.03. The molecule has 7 N–H and O–H groups in total. The fourth-order valence-electron chi connectivity index (χ4n) is 5.63. The standard InChI is InChI=1S/C35H36N10O5/c1-4-45-28(15-20(2)42-45)33(48)41-35-40-25-16-22(31(36)46)9-12-27(25)43(35)13-5-6-14-44-30-26(39-34(44)38)17-23(32(37)47)18-29(30)50-19-21-7-10-24(49-3)11-8-21/h5-12,15-18H,4,13-14,19H2,1-3H3,(H2,36,46)(H2,37,47)(H2,38,39)(H,40,41,48)/b6-5+. The van der Waals surface area contributed by atoms with Gasteiger partial charge in [-0.2, -0.15) is 5.10 Å². The number of imidazole rings is 2. The number of aryl methyl sites for hydroxylation is 2. The van der Waals surface area contributed by atoms with Crippen LogP contribution in [0.5, 0.6) is 11.5 Å². The number of carbonyl (C=O) groups is 3. The monoisotopic (exact) mass is 676 g/mol. The van der Waals surface area contributed by atoms with Crippen molar-refractivity contribution < 1.29 is 23.9 Å². The normalized spacial score (nSPS) is 11.4. The summed E-state index contributed by atoms with van der Waals surface area (Å²) in [4.78, 5) is 46.4. The van der Waals surface area contributed by atoms with Crippen LogP contribution in [-0.4, -0.2) is 53.7 Å². The molecule has 256 valence electrons. The van der Waals surface area contributed by atoms with E-state index in [4.69, 9.17) is 26.7 Å². The number of methoxy groups -OCH3 is 1. The van der Waals surface area contributed by atoms with Crippen LogP contribution in [0.3, 0.4) is 0 Å². The predicted molar refractivity (Wildman–Crippen MR) is 188 cm³/mol. The van der Waals surface area contributed by atoms with E-state index < -0.39 is 11.8 Å². The van der Waals surface area contributed by atoms with Gasteiger partial charge in [0.1, 0.15) is 29.3 Å². The molecule has 0 saturated carbocycles. The van der Waals surface area contributed by atoms with Gasteiger partial charge in [-0.05, 0) is 67.9 Å². The van der Waals surface area contributed by atoms with Crippen LogP contribution in [0.1, 0.15) is 49.4 Å². The minimum Gasteiger partial charge on any atom is -0.497 e. The molecule has 0 atom stereocenters. The number of fused-ring (bicyclic) bond motifs is 2. The number of primary amides is 2. The third kappa shape index (κ3) is 6.69. The van der Waals surface area contributed by atoms with Crippen molar-refractivity contribution in [3.05, 3.63) is 101 Å². The lowest BCUT2D eigenvalue weighted by molar-refractivity contribution is 0.0992. The number of benzene rings is 3. The molecule has 0 saturated heterocycles. The molecular weight excluding hydrogens is 640 g/mol. The van der Waals surface area contributed by atoms with Crippen molar-refractivity contribution in [1.82, 2.24) is 28.9 Å². The highest BCUT2D eigenvalue weighted by Crippen LogP contribution is 2.31. The number of nitrogen functional groups attached to an aromatic ring is 1. The van der Waals surface area contributed by atoms with Crippen LogP contribution in [0.4, 0.5) is 11.9 Å². The highest BCUT2D eigenvalue weighted by Gasteiger charge is 2.20. The first-order valence-corrected chi connectivity index (χ1v) is 15.7. The van der Waals surface area contributed by atoms with E-state index in [2.05, 4.69) is 20.4 Å². The van der Waals surface area contributed by atoms with Gasteiger partial charge >= 0.3 is 0 Å². The number of allylic oxidation sites excluding steroid dienone is 2. The van der Waals surface area contributed by atoms with Crippen molar-refractivity contribution in [3.63, 3.8) is 0 Å². The number of nitrogens with one attached hydrogen (secondary N) is 1. The number of anilines is 2. The van der Waals surface area contributed by atoms with Gasteiger partial charge in [0.15, 0.2) is 0 Å². The lowest BCUT2D eigenvalue weighted by atomic mass is 10.1. The fraction of sp³-hybridized carbons (Fsp3) is 0.200. The van der Waals surface area contributed by atoms with E-state index >= 15 is 0 Å². The van der Waals surface area contributed by atoms with Gasteiger partial charge in [0.05, 0.1) is 29.4 Å². The van der Waals surface area contributed by atoms with Gasteiger partial charge in [-0.1, -0.05) is 24.3 Å². The zero-order valence-electron chi connectivity index (χ0n) is 27.7. The summed E-state index contributed by atoms with van der Waals surface area (Å²) in [5.41, 5.74) is 22.2. The molecule has 3 heterocycles. The van der Waals surface area contributed by atoms with Gasteiger partial charge < -0.3 is 35.8 Å². The Morgan fingerprint density at radius 1 is 0.880 bits per heavy atom. The van der Waals surface area contributed by atoms with Crippen molar-refractivity contribution >= 4 is 51.7 Å². The van der Waals surface area contributed by atoms with E-state index in [1.54, 1.807) is 52.8 Å². The van der Waals surface area contributed by atoms with Crippen LogP contribution in [-0.2, 0) is 26.2 Å². The first-order chi connectivity index (χ1) is 24.1. The molecule has 3 aromatic carbocycles. The number of nitrogens with two attached hydrogens (primary N) is 3. The molecule has 0 bridgehead atoms. The van der Waals surface area contributed by atoms with Gasteiger partial charge in [-0.15, -0.1) is 0 Å². The first kappa shape index (κ1) is 33.3. The number of ether oxygens (including phenoxy) is 2. The Morgan fingerprint density at radius 3 is 2.26 bits per heavy atom. The molecule has 0 aliphatic carbocycles. The molecule has 50 heavy (non-hydrogen) atoms. The van der Waals surface area contributed by atoms with Gasteiger partial charge in [0.2, 0.25) is 23.7 Å². The van der Waals surface area contributed by atoms with E-state index in [9.17, 15) is 14.4 Å². The van der Waals surface area contributed by atoms with Crippen LogP contribution in [0.25, 0.3) is 22.1 Å². The second kappa shape index (κ2) is 13.8. The average Bonchev–Trinajstić information content (AvgIpc) is 3.76. The second-order valence-electron chi connectivity index (χ2n) is 11.4. The molecule has 0 fully saturated rings. The average molecular weight is 677 g/mol. The van der Waals surface area contributed by atoms with Crippen LogP contribution in [0.2, 0.25) is 0 Å². The third-order valence-electron chi connectivity index (χ3n) is 8.11. The Bertz CT molecular complexity index is 2280. The van der Waals surface area contributed by atoms with Crippen molar-refractivity contribution in [2.45, 2.75) is 40.1 Å². The Labute approximate surface area is 286 Å². The van der Waals surface area contributed by atoms with Gasteiger partial charge in [-0.3, -0.25) is 24.4 Å². The minimum absolute atomic E-state index is 0.209. The molecule has 3 amide bonds. The number of amides is 3. The maximum atomic E-state index is 13.3. The predicted octanol–water partition coefficient (Wildman–Crippen LogP) is 3.79. The smallest absolute Gasteiger partial charge is 0.276 e. The van der Waals surface area contributed by atoms with Crippen LogP contribution in [0.15, 0.2) is 72.8 Å².